The number of imide groups is 2. The Balaban J connectivity index is 1.19. The molecular weight excluding hydrogens is 1370 g/mol. The number of benzene rings is 9. The van der Waals surface area contributed by atoms with E-state index in [0.717, 1.165) is 4.90 Å². The molecule has 0 fully saturated rings. The van der Waals surface area contributed by atoms with Crippen LogP contribution in [0.25, 0.3) is 43.1 Å². The smallest absolute Gasteiger partial charge is 0.391 e. The third kappa shape index (κ3) is 15.5. The van der Waals surface area contributed by atoms with Crippen molar-refractivity contribution in [2.24, 2.45) is 0 Å². The van der Waals surface area contributed by atoms with Crippen LogP contribution in [0.15, 0.2) is 146 Å². The topological polar surface area (TPSA) is 272 Å². The third-order valence-corrected chi connectivity index (χ3v) is 17.3. The van der Waals surface area contributed by atoms with E-state index in [2.05, 4.69) is 13.2 Å². The molecule has 0 saturated carbocycles. The fraction of sp³-hybridized carbons (Fsp3) is 0.282. The Morgan fingerprint density at radius 2 is 0.657 bits per heavy atom. The van der Waals surface area contributed by atoms with Crippen molar-refractivity contribution in [3.05, 3.63) is 168 Å². The van der Waals surface area contributed by atoms with Crippen LogP contribution in [-0.4, -0.2) is 157 Å². The number of rotatable bonds is 34. The second-order valence-corrected chi connectivity index (χ2v) is 23.8. The van der Waals surface area contributed by atoms with Gasteiger partial charge in [-0.2, -0.15) is 13.2 Å². The van der Waals surface area contributed by atoms with Crippen LogP contribution in [0.3, 0.4) is 0 Å². The zero-order chi connectivity index (χ0) is 75.0. The Hall–Kier alpha value is -12.0. The first-order valence-electron chi connectivity index (χ1n) is 33.2. The zero-order valence-electron chi connectivity index (χ0n) is 58.1. The van der Waals surface area contributed by atoms with Gasteiger partial charge in [0.1, 0.15) is 108 Å². The van der Waals surface area contributed by atoms with Crippen molar-refractivity contribution in [3.63, 3.8) is 0 Å². The lowest BCUT2D eigenvalue weighted by molar-refractivity contribution is -0.167. The molecule has 27 heteroatoms. The van der Waals surface area contributed by atoms with E-state index in [9.17, 15) is 19.2 Å². The molecule has 9 aromatic carbocycles. The van der Waals surface area contributed by atoms with Crippen molar-refractivity contribution >= 4 is 90.6 Å². The lowest BCUT2D eigenvalue weighted by atomic mass is 9.80. The molecule has 0 radical (unpaired) electrons. The molecule has 24 nitrogen and oxygen atoms in total. The highest BCUT2D eigenvalue weighted by Crippen LogP contribution is 2.58. The van der Waals surface area contributed by atoms with Crippen molar-refractivity contribution in [1.29, 1.82) is 0 Å². The number of halogens is 3. The Morgan fingerprint density at radius 3 is 0.933 bits per heavy atom. The van der Waals surface area contributed by atoms with E-state index in [4.69, 9.17) is 66.3 Å². The minimum atomic E-state index is -5.23. The molecule has 0 bridgehead atoms. The number of carbonyl (C=O) groups is 8. The molecule has 0 saturated heterocycles. The van der Waals surface area contributed by atoms with Crippen LogP contribution in [0, 0.1) is 0 Å². The fourth-order valence-corrected chi connectivity index (χ4v) is 12.2. The SMILES string of the molecule is C=C(CC)C(=O)OCCOCCOC(=O)C(CC)N1C(=O)c2cc(Oc3cccc(OC)c3)c3c4c(Oc5cccc(OC)c5)cc5c6c(cc(Oc7cccc(OC)c7)c(c7c(Oc8cccc(OC)c8)cc(c2c37)C1=O)c64)C(=O)N(C(CC(F)(F)F)C(=O)OCCOCCOC(=O)C(=C)CC)C5=O. The van der Waals surface area contributed by atoms with Gasteiger partial charge in [-0.1, -0.05) is 58.2 Å². The van der Waals surface area contributed by atoms with Crippen molar-refractivity contribution < 1.29 is 118 Å². The van der Waals surface area contributed by atoms with Crippen LogP contribution in [0.5, 0.6) is 69.0 Å². The average Bonchev–Trinajstić information content (AvgIpc) is 0.671. The van der Waals surface area contributed by atoms with Crippen molar-refractivity contribution in [2.75, 3.05) is 81.3 Å². The predicted octanol–water partition coefficient (Wildman–Crippen LogP) is 14.4. The minimum absolute atomic E-state index is 0.00329. The van der Waals surface area contributed by atoms with Gasteiger partial charge in [-0.05, 0) is 92.1 Å². The Labute approximate surface area is 598 Å². The van der Waals surface area contributed by atoms with E-state index >= 15 is 32.3 Å². The summed E-state index contributed by atoms with van der Waals surface area (Å²) in [5.41, 5.74) is -0.908. The van der Waals surface area contributed by atoms with Gasteiger partial charge < -0.3 is 66.3 Å². The Kier molecular flexibility index (Phi) is 22.7. The maximum Gasteiger partial charge on any atom is 0.391 e. The van der Waals surface area contributed by atoms with Gasteiger partial charge in [-0.25, -0.2) is 19.2 Å². The lowest BCUT2D eigenvalue weighted by Crippen LogP contribution is -2.52. The predicted molar refractivity (Wildman–Crippen MR) is 374 cm³/mol. The summed E-state index contributed by atoms with van der Waals surface area (Å²) < 4.78 is 128. The summed E-state index contributed by atoms with van der Waals surface area (Å²) in [4.78, 5) is 118. The number of nitrogens with zero attached hydrogens (tertiary/aromatic N) is 2. The van der Waals surface area contributed by atoms with E-state index in [1.54, 1.807) is 81.4 Å². The third-order valence-electron chi connectivity index (χ3n) is 17.3. The molecule has 105 heavy (non-hydrogen) atoms. The highest BCUT2D eigenvalue weighted by Gasteiger charge is 2.49. The molecule has 9 aromatic rings. The van der Waals surface area contributed by atoms with Gasteiger partial charge >= 0.3 is 30.1 Å². The molecule has 11 rings (SSSR count). The van der Waals surface area contributed by atoms with E-state index < -0.39 is 96.5 Å². The number of esters is 4. The summed E-state index contributed by atoms with van der Waals surface area (Å²) in [6, 6.07) is 26.0. The fourth-order valence-electron chi connectivity index (χ4n) is 12.2. The van der Waals surface area contributed by atoms with Gasteiger partial charge in [-0.3, -0.25) is 29.0 Å². The summed E-state index contributed by atoms with van der Waals surface area (Å²) in [7, 11) is 5.65. The Bertz CT molecular complexity index is 4710. The van der Waals surface area contributed by atoms with Crippen molar-refractivity contribution in [3.8, 4) is 69.0 Å². The largest absolute Gasteiger partial charge is 0.497 e. The number of carbonyl (C=O) groups excluding carboxylic acids is 8. The molecule has 2 heterocycles. The van der Waals surface area contributed by atoms with Gasteiger partial charge in [0.15, 0.2) is 0 Å². The van der Waals surface area contributed by atoms with Crippen LogP contribution < -0.4 is 37.9 Å². The molecular formula is C78H71F3N2O22. The first kappa shape index (κ1) is 74.2. The van der Waals surface area contributed by atoms with Crippen molar-refractivity contribution in [1.82, 2.24) is 9.80 Å². The maximum atomic E-state index is 16.0. The monoisotopic (exact) mass is 1440 g/mol. The molecule has 2 aliphatic rings. The quantitative estimate of drug-likeness (QED) is 0.00689. The van der Waals surface area contributed by atoms with Crippen LogP contribution in [0.2, 0.25) is 0 Å². The second kappa shape index (κ2) is 32.1. The molecule has 0 N–H and O–H groups in total. The molecule has 0 aromatic heterocycles. The van der Waals surface area contributed by atoms with E-state index in [1.807, 2.05) is 0 Å². The number of alkyl halides is 3. The van der Waals surface area contributed by atoms with Gasteiger partial charge in [-0.15, -0.1) is 0 Å². The van der Waals surface area contributed by atoms with Crippen LogP contribution in [-0.2, 0) is 47.6 Å². The Morgan fingerprint density at radius 1 is 0.381 bits per heavy atom. The number of fused-ring (bicyclic) bond motifs is 2. The standard InChI is InChI=1S/C78H71F3N2O22/c1-10-42(4)74(88)98-29-25-96-27-31-100-76(90)56(12-3)82-70(84)52-37-58(102-48-21-13-17-44(33-48)92-6)64-66-60(104-50-23-15-19-46(35-50)94-8)39-54-63-55(73(87)83(72(54)86)57(41-78(79,80)81)77(91)101-32-28-97-26-30-99-75(89)43(5)11-2)40-61(105-51-24-16-20-47(36-51)95-9)67(69(63)66)65-59(38-53(71(82)85)62(52)68(64)65)103-49-22-14-18-45(34-49)93-7/h13-24,33-40,56-57H,4-5,10-12,25-32,41H2,1-3,6-9H3. The lowest BCUT2D eigenvalue weighted by Gasteiger charge is -2.35. The normalized spacial score (nSPS) is 13.2. The van der Waals surface area contributed by atoms with Gasteiger partial charge in [0.05, 0.1) is 83.5 Å². The molecule has 2 aliphatic heterocycles. The number of hydrogen-bond donors (Lipinski definition) is 0. The number of methoxy groups -OCH3 is 4. The highest BCUT2D eigenvalue weighted by atomic mass is 19.4. The van der Waals surface area contributed by atoms with E-state index in [1.165, 1.54) is 89.1 Å². The number of amides is 4. The van der Waals surface area contributed by atoms with Gasteiger partial charge in [0, 0.05) is 78.5 Å². The second-order valence-electron chi connectivity index (χ2n) is 23.8. The summed E-state index contributed by atoms with van der Waals surface area (Å²) in [6.07, 6.45) is -6.78. The van der Waals surface area contributed by atoms with Crippen LogP contribution >= 0.6 is 0 Å². The minimum Gasteiger partial charge on any atom is -0.497 e. The highest BCUT2D eigenvalue weighted by molar-refractivity contribution is 6.45. The average molecular weight is 1450 g/mol. The molecule has 0 spiro atoms. The maximum absolute atomic E-state index is 16.0. The van der Waals surface area contributed by atoms with Crippen molar-refractivity contribution in [2.45, 2.75) is 64.7 Å². The molecule has 0 aliphatic carbocycles. The molecule has 2 unspecified atom stereocenters. The van der Waals surface area contributed by atoms with E-state index in [0.29, 0.717) is 24.3 Å². The first-order valence-corrected chi connectivity index (χ1v) is 33.2. The first-order chi connectivity index (χ1) is 50.5. The van der Waals surface area contributed by atoms with Crippen LogP contribution in [0.1, 0.15) is 87.9 Å². The summed E-state index contributed by atoms with van der Waals surface area (Å²) in [6.45, 7) is 10.1. The van der Waals surface area contributed by atoms with E-state index in [-0.39, 0.29) is 174 Å². The zero-order valence-corrected chi connectivity index (χ0v) is 58.1. The molecule has 546 valence electrons. The van der Waals surface area contributed by atoms with Gasteiger partial charge in [0.25, 0.3) is 23.6 Å². The molecule has 4 amide bonds. The summed E-state index contributed by atoms with van der Waals surface area (Å²) >= 11 is 0. The van der Waals surface area contributed by atoms with Crippen LogP contribution in [0.4, 0.5) is 13.2 Å². The van der Waals surface area contributed by atoms with Gasteiger partial charge in [0.2, 0.25) is 0 Å². The number of hydrogen-bond acceptors (Lipinski definition) is 22. The molecule has 2 atom stereocenters. The summed E-state index contributed by atoms with van der Waals surface area (Å²) in [5.74, 6) is -8.17. The number of ether oxygens (including phenoxy) is 14. The summed E-state index contributed by atoms with van der Waals surface area (Å²) in [5, 5.41) is -0.355.